The molecular weight excluding hydrogens is 544 g/mol. The van der Waals surface area contributed by atoms with E-state index < -0.39 is 64.2 Å². The van der Waals surface area contributed by atoms with Gasteiger partial charge in [-0.05, 0) is 55.2 Å². The number of ketones is 1. The molecule has 1 heterocycles. The normalized spacial score (nSPS) is 15.2. The van der Waals surface area contributed by atoms with Crippen molar-refractivity contribution in [3.63, 3.8) is 0 Å². The highest BCUT2D eigenvalue weighted by Gasteiger charge is 2.33. The van der Waals surface area contributed by atoms with Crippen molar-refractivity contribution >= 4 is 38.5 Å². The van der Waals surface area contributed by atoms with Crippen molar-refractivity contribution in [3.05, 3.63) is 65.8 Å². The maximum atomic E-state index is 13.4. The fourth-order valence-electron chi connectivity index (χ4n) is 3.67. The summed E-state index contributed by atoms with van der Waals surface area (Å²) in [5.74, 6) is -4.07. The molecule has 208 valence electrons. The van der Waals surface area contributed by atoms with Gasteiger partial charge in [-0.1, -0.05) is 12.1 Å². The van der Waals surface area contributed by atoms with Gasteiger partial charge in [-0.2, -0.15) is 13.2 Å². The molecule has 14 heteroatoms. The molecule has 1 saturated carbocycles. The minimum atomic E-state index is -4.70. The summed E-state index contributed by atoms with van der Waals surface area (Å²) < 4.78 is 83.1. The van der Waals surface area contributed by atoms with E-state index in [1.807, 2.05) is 0 Å². The number of amides is 1. The number of fused-ring (bicyclic) bond motifs is 1. The minimum Gasteiger partial charge on any atom is -0.434 e. The molecule has 1 atom stereocenters. The molecule has 2 aromatic carbocycles. The zero-order valence-electron chi connectivity index (χ0n) is 20.4. The first kappa shape index (κ1) is 28.2. The Hall–Kier alpha value is -3.81. The van der Waals surface area contributed by atoms with Crippen LogP contribution in [0.25, 0.3) is 11.1 Å². The number of sulfone groups is 1. The van der Waals surface area contributed by atoms with Crippen molar-refractivity contribution in [1.82, 2.24) is 15.6 Å². The van der Waals surface area contributed by atoms with Gasteiger partial charge < -0.3 is 15.1 Å². The van der Waals surface area contributed by atoms with E-state index in [1.165, 1.54) is 0 Å². The predicted octanol–water partition coefficient (Wildman–Crippen LogP) is 3.06. The number of carbonyl (C=O) groups excluding carboxylic acids is 2. The third-order valence-electron chi connectivity index (χ3n) is 5.72. The number of hydrogen-bond acceptors (Lipinski definition) is 7. The summed E-state index contributed by atoms with van der Waals surface area (Å²) in [5.41, 5.74) is 0.769. The Labute approximate surface area is 220 Å². The molecule has 9 nitrogen and oxygen atoms in total. The number of benzene rings is 2. The Kier molecular flexibility index (Phi) is 8.33. The molecule has 2 N–H and O–H groups in total. The highest BCUT2D eigenvalue weighted by molar-refractivity contribution is 7.91. The third kappa shape index (κ3) is 8.34. The first-order valence-corrected chi connectivity index (χ1v) is 13.7. The van der Waals surface area contributed by atoms with E-state index in [1.54, 1.807) is 24.3 Å². The first-order valence-electron chi connectivity index (χ1n) is 11.9. The highest BCUT2D eigenvalue weighted by atomic mass is 32.2. The van der Waals surface area contributed by atoms with Crippen LogP contribution in [-0.2, 0) is 14.6 Å². The maximum absolute atomic E-state index is 13.4. The van der Waals surface area contributed by atoms with Gasteiger partial charge in [0.15, 0.2) is 15.4 Å². The van der Waals surface area contributed by atoms with Gasteiger partial charge in [-0.15, -0.1) is 0 Å². The van der Waals surface area contributed by atoms with Crippen molar-refractivity contribution in [2.45, 2.75) is 25.1 Å². The molecule has 1 aromatic heterocycles. The van der Waals surface area contributed by atoms with Gasteiger partial charge in [0.2, 0.25) is 11.7 Å². The second kappa shape index (κ2) is 11.5. The summed E-state index contributed by atoms with van der Waals surface area (Å²) in [6.07, 6.45) is -3.26. The van der Waals surface area contributed by atoms with Gasteiger partial charge in [-0.3, -0.25) is 14.6 Å². The van der Waals surface area contributed by atoms with Crippen LogP contribution in [0.4, 0.5) is 17.6 Å². The van der Waals surface area contributed by atoms with Crippen LogP contribution < -0.4 is 10.6 Å². The largest absolute Gasteiger partial charge is 0.434 e. The molecule has 3 aromatic rings. The van der Waals surface area contributed by atoms with Crippen LogP contribution in [0.5, 0.6) is 0 Å². The van der Waals surface area contributed by atoms with Crippen molar-refractivity contribution in [3.8, 4) is 0 Å². The maximum Gasteiger partial charge on any atom is 0.408 e. The van der Waals surface area contributed by atoms with E-state index >= 15 is 0 Å². The lowest BCUT2D eigenvalue weighted by Gasteiger charge is -2.21. The van der Waals surface area contributed by atoms with E-state index in [0.717, 1.165) is 37.1 Å². The van der Waals surface area contributed by atoms with Crippen LogP contribution >= 0.6 is 0 Å². The van der Waals surface area contributed by atoms with Gasteiger partial charge in [-0.25, -0.2) is 17.8 Å². The molecule has 4 rings (SSSR count). The molecule has 1 amide bonds. The van der Waals surface area contributed by atoms with Gasteiger partial charge in [0, 0.05) is 5.56 Å². The molecule has 0 radical (unpaired) electrons. The molecule has 0 spiro atoms. The quantitative estimate of drug-likeness (QED) is 0.157. The first-order chi connectivity index (χ1) is 18.4. The minimum absolute atomic E-state index is 0.000549. The monoisotopic (exact) mass is 568 g/mol. The standard InChI is InChI=1S/C25H24F4N4O5S/c26-17-9-7-16(8-10-17)22(31-14-25(27,28)29)32-19(13-39(36,37)12-15-5-6-15)23(35)30-11-20(34)24-33-18-3-1-2-4-21(18)38-24/h1-4,7-10,15,19H,5-6,11-14H2,(H,30,35)(H,31,32)/t19-/m0/s1. The van der Waals surface area contributed by atoms with Crippen LogP contribution in [-0.4, -0.2) is 67.7 Å². The molecule has 0 saturated heterocycles. The number of halogens is 4. The number of nitrogens with one attached hydrogen (secondary N) is 2. The molecule has 1 aliphatic rings. The second-order valence-electron chi connectivity index (χ2n) is 9.13. The molecular formula is C25H24F4N4O5S. The van der Waals surface area contributed by atoms with Gasteiger partial charge in [0.25, 0.3) is 5.89 Å². The van der Waals surface area contributed by atoms with E-state index in [4.69, 9.17) is 4.42 Å². The molecule has 0 bridgehead atoms. The van der Waals surface area contributed by atoms with Crippen molar-refractivity contribution in [2.24, 2.45) is 10.9 Å². The van der Waals surface area contributed by atoms with Crippen LogP contribution in [0, 0.1) is 11.7 Å². The summed E-state index contributed by atoms with van der Waals surface area (Å²) in [5, 5.41) is 4.79. The fourth-order valence-corrected chi connectivity index (χ4v) is 5.60. The van der Waals surface area contributed by atoms with Crippen molar-refractivity contribution in [2.75, 3.05) is 24.6 Å². The van der Waals surface area contributed by atoms with Gasteiger partial charge >= 0.3 is 6.18 Å². The van der Waals surface area contributed by atoms with Crippen LogP contribution in [0.3, 0.4) is 0 Å². The number of amidine groups is 1. The summed E-state index contributed by atoms with van der Waals surface area (Å²) in [4.78, 5) is 33.2. The average molecular weight is 569 g/mol. The number of para-hydroxylation sites is 2. The highest BCUT2D eigenvalue weighted by Crippen LogP contribution is 2.30. The Bertz CT molecular complexity index is 1450. The average Bonchev–Trinajstić information content (AvgIpc) is 3.56. The van der Waals surface area contributed by atoms with E-state index in [-0.39, 0.29) is 23.1 Å². The molecule has 0 aliphatic heterocycles. The number of hydrogen-bond donors (Lipinski definition) is 2. The summed E-state index contributed by atoms with van der Waals surface area (Å²) in [6.45, 7) is -2.25. The number of nitrogens with zero attached hydrogens (tertiary/aromatic N) is 2. The summed E-state index contributed by atoms with van der Waals surface area (Å²) in [7, 11) is -3.82. The fraction of sp³-hybridized carbons (Fsp3) is 0.360. The predicted molar refractivity (Wildman–Crippen MR) is 134 cm³/mol. The Morgan fingerprint density at radius 3 is 2.44 bits per heavy atom. The SMILES string of the molecule is O=C(CNC(=O)[C@H](CS(=O)(=O)CC1CC1)NC(=NCC(F)(F)F)c1ccc(F)cc1)c1nc2ccccc2o1. The Morgan fingerprint density at radius 2 is 1.79 bits per heavy atom. The van der Waals surface area contributed by atoms with Crippen molar-refractivity contribution in [1.29, 1.82) is 0 Å². The lowest BCUT2D eigenvalue weighted by molar-refractivity contribution is -0.122. The number of carbonyl (C=O) groups is 2. The number of aliphatic imine (C=N–C) groups is 1. The molecule has 39 heavy (non-hydrogen) atoms. The lowest BCUT2D eigenvalue weighted by Crippen LogP contribution is -2.52. The van der Waals surface area contributed by atoms with Crippen LogP contribution in [0.2, 0.25) is 0 Å². The Balaban J connectivity index is 1.54. The zero-order chi connectivity index (χ0) is 28.2. The van der Waals surface area contributed by atoms with E-state index in [9.17, 15) is 35.6 Å². The second-order valence-corrected chi connectivity index (χ2v) is 11.3. The third-order valence-corrected chi connectivity index (χ3v) is 7.54. The molecule has 1 fully saturated rings. The van der Waals surface area contributed by atoms with Crippen LogP contribution in [0.15, 0.2) is 57.9 Å². The van der Waals surface area contributed by atoms with Gasteiger partial charge in [0.1, 0.15) is 29.8 Å². The van der Waals surface area contributed by atoms with E-state index in [2.05, 4.69) is 20.6 Å². The van der Waals surface area contributed by atoms with Crippen molar-refractivity contribution < 1.29 is 40.0 Å². The topological polar surface area (TPSA) is 131 Å². The van der Waals surface area contributed by atoms with Gasteiger partial charge in [0.05, 0.1) is 18.1 Å². The zero-order valence-corrected chi connectivity index (χ0v) is 21.2. The number of Topliss-reactive ketones (excluding diaryl/α,β-unsaturated/α-hetero) is 1. The number of alkyl halides is 3. The molecule has 0 unspecified atom stereocenters. The smallest absolute Gasteiger partial charge is 0.408 e. The van der Waals surface area contributed by atoms with Crippen LogP contribution in [0.1, 0.15) is 29.1 Å². The summed E-state index contributed by atoms with van der Waals surface area (Å²) in [6, 6.07) is 9.23. The number of oxazole rings is 1. The molecule has 1 aliphatic carbocycles. The number of aromatic nitrogens is 1. The lowest BCUT2D eigenvalue weighted by atomic mass is 10.1. The summed E-state index contributed by atoms with van der Waals surface area (Å²) >= 11 is 0. The van der Waals surface area contributed by atoms with E-state index in [0.29, 0.717) is 11.1 Å². The number of rotatable bonds is 11. The Morgan fingerprint density at radius 1 is 1.10 bits per heavy atom.